The molecule has 0 aliphatic carbocycles. The van der Waals surface area contributed by atoms with E-state index in [1.54, 1.807) is 35.8 Å². The first-order chi connectivity index (χ1) is 26.7. The van der Waals surface area contributed by atoms with Gasteiger partial charge in [-0.1, -0.05) is 143 Å². The number of benzene rings is 4. The van der Waals surface area contributed by atoms with Gasteiger partial charge in [-0.2, -0.15) is 0 Å². The van der Waals surface area contributed by atoms with Gasteiger partial charge in [-0.3, -0.25) is 0 Å². The zero-order chi connectivity index (χ0) is 36.7. The number of rotatable bonds is 13. The monoisotopic (exact) mass is 774 g/mol. The second kappa shape index (κ2) is 18.4. The number of ether oxygens (including phenoxy) is 10. The van der Waals surface area contributed by atoms with Crippen LogP contribution in [0.4, 0.5) is 0 Å². The van der Waals surface area contributed by atoms with E-state index in [2.05, 4.69) is 24.3 Å². The zero-order valence-electron chi connectivity index (χ0n) is 30.2. The molecule has 4 aromatic rings. The Balaban J connectivity index is 1.07. The van der Waals surface area contributed by atoms with Crippen molar-refractivity contribution < 1.29 is 47.4 Å². The summed E-state index contributed by atoms with van der Waals surface area (Å²) in [5, 5.41) is -0.644. The number of hydrogen-bond donors (Lipinski definition) is 0. The molecule has 0 spiro atoms. The highest BCUT2D eigenvalue weighted by Crippen LogP contribution is 2.48. The van der Waals surface area contributed by atoms with Crippen molar-refractivity contribution >= 4 is 21.6 Å². The second-order valence-electron chi connectivity index (χ2n) is 13.6. The number of methoxy groups -OCH3 is 2. The van der Waals surface area contributed by atoms with Gasteiger partial charge in [-0.05, 0) is 11.1 Å². The first-order valence-corrected chi connectivity index (χ1v) is 20.6. The molecule has 10 nitrogen and oxygen atoms in total. The Kier molecular flexibility index (Phi) is 13.0. The Hall–Kier alpha value is -2.82. The van der Waals surface area contributed by atoms with E-state index in [0.717, 1.165) is 22.3 Å². The van der Waals surface area contributed by atoms with Crippen molar-refractivity contribution in [2.45, 2.75) is 85.5 Å². The minimum atomic E-state index is -0.617. The molecule has 0 aromatic heterocycles. The molecule has 54 heavy (non-hydrogen) atoms. The van der Waals surface area contributed by atoms with Gasteiger partial charge in [0.1, 0.15) is 36.6 Å². The summed E-state index contributed by atoms with van der Waals surface area (Å²) in [7, 11) is 6.53. The maximum atomic E-state index is 6.83. The molecule has 4 heterocycles. The Morgan fingerprint density at radius 1 is 0.500 bits per heavy atom. The molecule has 0 saturated carbocycles. The van der Waals surface area contributed by atoms with Crippen molar-refractivity contribution in [2.75, 3.05) is 27.4 Å². The molecule has 286 valence electrons. The third-order valence-corrected chi connectivity index (χ3v) is 13.2. The summed E-state index contributed by atoms with van der Waals surface area (Å²) < 4.78 is 64.7. The number of fused-ring (bicyclic) bond motifs is 2. The van der Waals surface area contributed by atoms with Crippen LogP contribution in [0.3, 0.4) is 0 Å². The highest BCUT2D eigenvalue weighted by atomic mass is 33.1. The molecule has 4 saturated heterocycles. The molecule has 12 heteroatoms. The minimum Gasteiger partial charge on any atom is -0.369 e. The quantitative estimate of drug-likeness (QED) is 0.128. The summed E-state index contributed by atoms with van der Waals surface area (Å²) >= 11 is 0. The van der Waals surface area contributed by atoms with Crippen LogP contribution in [0.1, 0.15) is 34.8 Å². The fourth-order valence-electron chi connectivity index (χ4n) is 7.28. The van der Waals surface area contributed by atoms with Crippen LogP contribution >= 0.6 is 21.6 Å². The lowest BCUT2D eigenvalue weighted by molar-refractivity contribution is -0.337. The first kappa shape index (κ1) is 38.1. The molecular formula is C42H46O10S2. The molecule has 0 amide bonds. The van der Waals surface area contributed by atoms with Crippen molar-refractivity contribution in [3.05, 3.63) is 144 Å². The van der Waals surface area contributed by atoms with Crippen LogP contribution in [0.25, 0.3) is 0 Å². The van der Waals surface area contributed by atoms with Gasteiger partial charge in [0.25, 0.3) is 0 Å². The fraction of sp³-hybridized carbons (Fsp3) is 0.429. The van der Waals surface area contributed by atoms with Crippen LogP contribution in [0, 0.1) is 0 Å². The summed E-state index contributed by atoms with van der Waals surface area (Å²) in [5.74, 6) is 0. The first-order valence-electron chi connectivity index (χ1n) is 18.3. The molecule has 8 unspecified atom stereocenters. The summed E-state index contributed by atoms with van der Waals surface area (Å²) in [6.07, 6.45) is -4.85. The smallest absolute Gasteiger partial charge is 0.184 e. The Morgan fingerprint density at radius 3 is 1.24 bits per heavy atom. The van der Waals surface area contributed by atoms with Crippen LogP contribution in [0.15, 0.2) is 121 Å². The Morgan fingerprint density at radius 2 is 0.870 bits per heavy atom. The van der Waals surface area contributed by atoms with Crippen LogP contribution < -0.4 is 0 Å². The van der Waals surface area contributed by atoms with Crippen molar-refractivity contribution in [1.82, 2.24) is 0 Å². The Labute approximate surface area is 324 Å². The van der Waals surface area contributed by atoms with Gasteiger partial charge >= 0.3 is 0 Å². The van der Waals surface area contributed by atoms with Gasteiger partial charge in [0.15, 0.2) is 25.2 Å². The topological polar surface area (TPSA) is 92.3 Å². The lowest BCUT2D eigenvalue weighted by atomic mass is 9.99. The molecule has 4 aromatic carbocycles. The third-order valence-electron chi connectivity index (χ3n) is 10.0. The maximum absolute atomic E-state index is 6.83. The third kappa shape index (κ3) is 8.76. The second-order valence-corrected chi connectivity index (χ2v) is 16.2. The standard InChI is InChI=1S/C42H46O10S2/c1-43-41-37(35(45-23-27-15-7-3-8-16-27)33-31(49-41)25-47-39(51-33)29-19-11-5-12-20-29)53-54-38-36(46-24-28-17-9-4-10-18-28)34-32(50-42(38)44-2)26-48-40(52-34)30-21-13-6-14-22-30/h3-22,31-42H,23-26H2,1-2H3/t31?,32?,33-,34-,35?,36?,37?,38?,39?,40?,41-,42-/m1/s1. The van der Waals surface area contributed by atoms with E-state index >= 15 is 0 Å². The molecule has 4 aliphatic rings. The van der Waals surface area contributed by atoms with Crippen LogP contribution in [-0.4, -0.2) is 87.1 Å². The zero-order valence-corrected chi connectivity index (χ0v) is 31.8. The minimum absolute atomic E-state index is 0.322. The molecular weight excluding hydrogens is 729 g/mol. The fourth-order valence-corrected chi connectivity index (χ4v) is 10.7. The van der Waals surface area contributed by atoms with Crippen molar-refractivity contribution in [3.8, 4) is 0 Å². The predicted octanol–water partition coefficient (Wildman–Crippen LogP) is 7.25. The van der Waals surface area contributed by atoms with Crippen molar-refractivity contribution in [1.29, 1.82) is 0 Å². The SMILES string of the molecule is CO[C@@H]1OC2COC(c3ccccc3)O[C@H]2C(OCc2ccccc2)C1SSC1C(OCc2ccccc2)[C@@H]2OC(c3ccccc3)OCC2O[C@H]1OC. The summed E-state index contributed by atoms with van der Waals surface area (Å²) in [6, 6.07) is 40.2. The van der Waals surface area contributed by atoms with Gasteiger partial charge in [0.2, 0.25) is 0 Å². The predicted molar refractivity (Wildman–Crippen MR) is 204 cm³/mol. The lowest BCUT2D eigenvalue weighted by Gasteiger charge is -2.50. The van der Waals surface area contributed by atoms with Gasteiger partial charge in [-0.25, -0.2) is 0 Å². The van der Waals surface area contributed by atoms with Crippen LogP contribution in [0.2, 0.25) is 0 Å². The lowest BCUT2D eigenvalue weighted by Crippen LogP contribution is -2.62. The van der Waals surface area contributed by atoms with E-state index in [4.69, 9.17) is 47.4 Å². The molecule has 0 bridgehead atoms. The van der Waals surface area contributed by atoms with Crippen molar-refractivity contribution in [3.63, 3.8) is 0 Å². The van der Waals surface area contributed by atoms with Gasteiger partial charge in [0.05, 0.1) is 36.9 Å². The summed E-state index contributed by atoms with van der Waals surface area (Å²) in [4.78, 5) is 0. The van der Waals surface area contributed by atoms with E-state index in [0.29, 0.717) is 26.4 Å². The van der Waals surface area contributed by atoms with E-state index in [-0.39, 0.29) is 10.5 Å². The van der Waals surface area contributed by atoms with E-state index in [1.165, 1.54) is 0 Å². The van der Waals surface area contributed by atoms with Gasteiger partial charge in [-0.15, -0.1) is 0 Å². The highest BCUT2D eigenvalue weighted by molar-refractivity contribution is 8.77. The molecule has 0 radical (unpaired) electrons. The molecule has 8 rings (SSSR count). The number of hydrogen-bond acceptors (Lipinski definition) is 12. The summed E-state index contributed by atoms with van der Waals surface area (Å²) in [6.45, 7) is 1.45. The van der Waals surface area contributed by atoms with E-state index in [9.17, 15) is 0 Å². The largest absolute Gasteiger partial charge is 0.369 e. The molecule has 12 atom stereocenters. The van der Waals surface area contributed by atoms with E-state index < -0.39 is 61.8 Å². The van der Waals surface area contributed by atoms with Crippen LogP contribution in [-0.2, 0) is 60.6 Å². The molecule has 4 fully saturated rings. The summed E-state index contributed by atoms with van der Waals surface area (Å²) in [5.41, 5.74) is 3.99. The van der Waals surface area contributed by atoms with E-state index in [1.807, 2.05) is 97.1 Å². The highest BCUT2D eigenvalue weighted by Gasteiger charge is 2.54. The van der Waals surface area contributed by atoms with Gasteiger partial charge < -0.3 is 47.4 Å². The molecule has 4 aliphatic heterocycles. The van der Waals surface area contributed by atoms with Crippen LogP contribution in [0.5, 0.6) is 0 Å². The maximum Gasteiger partial charge on any atom is 0.184 e. The molecule has 0 N–H and O–H groups in total. The average molecular weight is 775 g/mol. The van der Waals surface area contributed by atoms with Crippen molar-refractivity contribution in [2.24, 2.45) is 0 Å². The normalized spacial score (nSPS) is 33.7. The average Bonchev–Trinajstić information content (AvgIpc) is 3.24. The Bertz CT molecular complexity index is 1580. The van der Waals surface area contributed by atoms with Gasteiger partial charge in [0, 0.05) is 25.3 Å².